The highest BCUT2D eigenvalue weighted by Gasteiger charge is 2.19. The molecule has 1 heterocycles. The molecular weight excluding hydrogens is 158 g/mol. The summed E-state index contributed by atoms with van der Waals surface area (Å²) >= 11 is 0. The molecule has 0 aromatic carbocycles. The molecule has 0 N–H and O–H groups in total. The molecule has 0 bridgehead atoms. The van der Waals surface area contributed by atoms with E-state index in [1.807, 2.05) is 6.92 Å². The molecular formula is C8H14NO3. The number of ether oxygens (including phenoxy) is 2. The Balaban J connectivity index is 2.34. The molecule has 1 aliphatic rings. The number of carbonyl (C=O) groups excluding carboxylic acids is 1. The van der Waals surface area contributed by atoms with Crippen LogP contribution in [0.15, 0.2) is 0 Å². The molecule has 1 atom stereocenters. The minimum Gasteiger partial charge on any atom is -0.438 e. The summed E-state index contributed by atoms with van der Waals surface area (Å²) in [4.78, 5) is 12.1. The molecule has 1 unspecified atom stereocenters. The topological polar surface area (TPSA) is 38.8 Å². The number of rotatable bonds is 4. The van der Waals surface area contributed by atoms with Crippen LogP contribution in [0.2, 0.25) is 0 Å². The SMILES string of the molecule is CCC(O[C]=O)N1CCOCC1. The first kappa shape index (κ1) is 9.48. The number of nitrogens with zero attached hydrogens (tertiary/aromatic N) is 1. The van der Waals surface area contributed by atoms with Crippen LogP contribution in [-0.4, -0.2) is 43.9 Å². The molecule has 1 rings (SSSR count). The fraction of sp³-hybridized carbons (Fsp3) is 0.875. The number of hydrogen-bond donors (Lipinski definition) is 0. The van der Waals surface area contributed by atoms with E-state index in [2.05, 4.69) is 4.90 Å². The minimum atomic E-state index is -0.119. The van der Waals surface area contributed by atoms with E-state index >= 15 is 0 Å². The molecule has 1 fully saturated rings. The molecule has 0 aliphatic carbocycles. The summed E-state index contributed by atoms with van der Waals surface area (Å²) in [6.07, 6.45) is 0.682. The van der Waals surface area contributed by atoms with Gasteiger partial charge in [-0.2, -0.15) is 0 Å². The quantitative estimate of drug-likeness (QED) is 0.604. The van der Waals surface area contributed by atoms with Gasteiger partial charge in [-0.05, 0) is 6.42 Å². The zero-order chi connectivity index (χ0) is 8.81. The summed E-state index contributed by atoms with van der Waals surface area (Å²) in [5.74, 6) is 0. The summed E-state index contributed by atoms with van der Waals surface area (Å²) in [5, 5.41) is 0. The monoisotopic (exact) mass is 172 g/mol. The van der Waals surface area contributed by atoms with Crippen molar-refractivity contribution in [1.82, 2.24) is 4.90 Å². The standard InChI is InChI=1S/C8H14NO3/c1-2-8(12-7-10)9-3-5-11-6-4-9/h8H,2-6H2,1H3. The Hall–Kier alpha value is -0.610. The van der Waals surface area contributed by atoms with Crippen LogP contribution in [0, 0.1) is 0 Å². The molecule has 1 aliphatic heterocycles. The van der Waals surface area contributed by atoms with Crippen molar-refractivity contribution in [3.05, 3.63) is 0 Å². The van der Waals surface area contributed by atoms with Gasteiger partial charge >= 0.3 is 6.47 Å². The molecule has 12 heavy (non-hydrogen) atoms. The van der Waals surface area contributed by atoms with Crippen molar-refractivity contribution in [2.45, 2.75) is 19.6 Å². The van der Waals surface area contributed by atoms with E-state index in [0.29, 0.717) is 0 Å². The molecule has 1 radical (unpaired) electrons. The smallest absolute Gasteiger partial charge is 0.419 e. The maximum Gasteiger partial charge on any atom is 0.419 e. The van der Waals surface area contributed by atoms with Crippen LogP contribution in [0.3, 0.4) is 0 Å². The van der Waals surface area contributed by atoms with Crippen LogP contribution in [-0.2, 0) is 14.3 Å². The molecule has 4 nitrogen and oxygen atoms in total. The maximum atomic E-state index is 10.0. The van der Waals surface area contributed by atoms with Gasteiger partial charge in [-0.25, -0.2) is 4.79 Å². The van der Waals surface area contributed by atoms with Gasteiger partial charge in [0, 0.05) is 13.1 Å². The summed E-state index contributed by atoms with van der Waals surface area (Å²) in [7, 11) is 0. The van der Waals surface area contributed by atoms with Crippen LogP contribution >= 0.6 is 0 Å². The second-order valence-corrected chi connectivity index (χ2v) is 2.71. The second kappa shape index (κ2) is 5.11. The van der Waals surface area contributed by atoms with Gasteiger partial charge in [-0.3, -0.25) is 4.90 Å². The van der Waals surface area contributed by atoms with Gasteiger partial charge in [-0.1, -0.05) is 6.92 Å². The second-order valence-electron chi connectivity index (χ2n) is 2.71. The molecule has 0 spiro atoms. The predicted molar refractivity (Wildman–Crippen MR) is 43.2 cm³/mol. The molecule has 1 saturated heterocycles. The number of hydrogen-bond acceptors (Lipinski definition) is 4. The van der Waals surface area contributed by atoms with E-state index in [1.54, 1.807) is 0 Å². The van der Waals surface area contributed by atoms with Crippen molar-refractivity contribution < 1.29 is 14.3 Å². The zero-order valence-electron chi connectivity index (χ0n) is 7.28. The third kappa shape index (κ3) is 2.46. The van der Waals surface area contributed by atoms with Crippen molar-refractivity contribution in [3.63, 3.8) is 0 Å². The van der Waals surface area contributed by atoms with Gasteiger partial charge in [0.2, 0.25) is 0 Å². The summed E-state index contributed by atoms with van der Waals surface area (Å²) in [6, 6.07) is 0. The van der Waals surface area contributed by atoms with E-state index in [1.165, 1.54) is 6.47 Å². The molecule has 69 valence electrons. The highest BCUT2D eigenvalue weighted by molar-refractivity contribution is 5.38. The molecule has 0 amide bonds. The third-order valence-corrected chi connectivity index (χ3v) is 1.99. The highest BCUT2D eigenvalue weighted by Crippen LogP contribution is 2.07. The van der Waals surface area contributed by atoms with Crippen LogP contribution in [0.25, 0.3) is 0 Å². The Kier molecular flexibility index (Phi) is 4.04. The average molecular weight is 172 g/mol. The van der Waals surface area contributed by atoms with E-state index in [4.69, 9.17) is 9.47 Å². The number of morpholine rings is 1. The van der Waals surface area contributed by atoms with Gasteiger partial charge < -0.3 is 9.47 Å². The summed E-state index contributed by atoms with van der Waals surface area (Å²) in [6.45, 7) is 6.58. The lowest BCUT2D eigenvalue weighted by atomic mass is 10.3. The molecule has 0 saturated carbocycles. The fourth-order valence-corrected chi connectivity index (χ4v) is 1.34. The average Bonchev–Trinajstić information content (AvgIpc) is 2.15. The molecule has 0 aromatic heterocycles. The van der Waals surface area contributed by atoms with E-state index in [0.717, 1.165) is 32.7 Å². The van der Waals surface area contributed by atoms with E-state index in [-0.39, 0.29) is 6.23 Å². The lowest BCUT2D eigenvalue weighted by molar-refractivity contribution is -0.0531. The van der Waals surface area contributed by atoms with Crippen molar-refractivity contribution in [2.24, 2.45) is 0 Å². The Bertz CT molecular complexity index is 134. The van der Waals surface area contributed by atoms with Crippen molar-refractivity contribution in [1.29, 1.82) is 0 Å². The Labute approximate surface area is 72.4 Å². The predicted octanol–water partition coefficient (Wildman–Crippen LogP) is 0.138. The highest BCUT2D eigenvalue weighted by atomic mass is 16.5. The lowest BCUT2D eigenvalue weighted by Crippen LogP contribution is -2.44. The van der Waals surface area contributed by atoms with Gasteiger partial charge in [0.25, 0.3) is 0 Å². The Morgan fingerprint density at radius 2 is 2.25 bits per heavy atom. The largest absolute Gasteiger partial charge is 0.438 e. The summed E-state index contributed by atoms with van der Waals surface area (Å²) in [5.41, 5.74) is 0. The maximum absolute atomic E-state index is 10.0. The van der Waals surface area contributed by atoms with Crippen LogP contribution in [0.1, 0.15) is 13.3 Å². The Morgan fingerprint density at radius 3 is 2.75 bits per heavy atom. The van der Waals surface area contributed by atoms with Crippen molar-refractivity contribution in [2.75, 3.05) is 26.3 Å². The van der Waals surface area contributed by atoms with Gasteiger partial charge in [0.1, 0.15) is 0 Å². The van der Waals surface area contributed by atoms with Crippen molar-refractivity contribution >= 4 is 6.47 Å². The molecule has 0 aromatic rings. The summed E-state index contributed by atoms with van der Waals surface area (Å²) < 4.78 is 9.97. The van der Waals surface area contributed by atoms with Crippen LogP contribution in [0.5, 0.6) is 0 Å². The van der Waals surface area contributed by atoms with Gasteiger partial charge in [-0.15, -0.1) is 0 Å². The lowest BCUT2D eigenvalue weighted by Gasteiger charge is -2.31. The van der Waals surface area contributed by atoms with Crippen LogP contribution < -0.4 is 0 Å². The van der Waals surface area contributed by atoms with E-state index < -0.39 is 0 Å². The fourth-order valence-electron chi connectivity index (χ4n) is 1.34. The van der Waals surface area contributed by atoms with E-state index in [9.17, 15) is 4.79 Å². The normalized spacial score (nSPS) is 21.8. The Morgan fingerprint density at radius 1 is 1.58 bits per heavy atom. The van der Waals surface area contributed by atoms with Gasteiger partial charge in [0.05, 0.1) is 13.2 Å². The first-order valence-corrected chi connectivity index (χ1v) is 4.23. The third-order valence-electron chi connectivity index (χ3n) is 1.99. The first-order valence-electron chi connectivity index (χ1n) is 4.23. The van der Waals surface area contributed by atoms with Crippen LogP contribution in [0.4, 0.5) is 0 Å². The molecule has 4 heteroatoms. The minimum absolute atomic E-state index is 0.119. The van der Waals surface area contributed by atoms with Gasteiger partial charge in [0.15, 0.2) is 6.23 Å². The first-order chi connectivity index (χ1) is 5.88. The van der Waals surface area contributed by atoms with Crippen molar-refractivity contribution in [3.8, 4) is 0 Å². The zero-order valence-corrected chi connectivity index (χ0v) is 7.28.